The van der Waals surface area contributed by atoms with Crippen LogP contribution in [0, 0.1) is 0 Å². The van der Waals surface area contributed by atoms with Crippen molar-refractivity contribution in [2.24, 2.45) is 0 Å². The molecule has 0 heterocycles. The number of aliphatic hydroxyl groups is 1. The minimum atomic E-state index is -0.788. The molecule has 1 atom stereocenters. The minimum absolute atomic E-state index is 0.444. The summed E-state index contributed by atoms with van der Waals surface area (Å²) in [5.41, 5.74) is 1.69. The van der Waals surface area contributed by atoms with Crippen molar-refractivity contribution in [2.75, 3.05) is 0 Å². The molecule has 0 aliphatic carbocycles. The molecule has 2 aromatic rings. The summed E-state index contributed by atoms with van der Waals surface area (Å²) in [7, 11) is 0. The first-order chi connectivity index (χ1) is 9.20. The molecular formula is C16H15ClO2. The number of rotatable bonds is 5. The average Bonchev–Trinajstić information content (AvgIpc) is 2.46. The summed E-state index contributed by atoms with van der Waals surface area (Å²) in [4.78, 5) is 0. The Morgan fingerprint density at radius 2 is 1.95 bits per heavy atom. The molecule has 0 amide bonds. The van der Waals surface area contributed by atoms with Crippen molar-refractivity contribution in [3.05, 3.63) is 77.3 Å². The predicted molar refractivity (Wildman–Crippen MR) is 77.4 cm³/mol. The largest absolute Gasteiger partial charge is 0.489 e. The van der Waals surface area contributed by atoms with Crippen LogP contribution in [-0.2, 0) is 6.61 Å². The Morgan fingerprint density at radius 1 is 1.21 bits per heavy atom. The van der Waals surface area contributed by atoms with Gasteiger partial charge in [-0.3, -0.25) is 0 Å². The van der Waals surface area contributed by atoms with E-state index in [2.05, 4.69) is 6.58 Å². The van der Waals surface area contributed by atoms with Crippen LogP contribution in [0.15, 0.2) is 61.2 Å². The van der Waals surface area contributed by atoms with Gasteiger partial charge in [-0.1, -0.05) is 48.0 Å². The lowest BCUT2D eigenvalue weighted by Crippen LogP contribution is -2.01. The molecule has 0 aromatic heterocycles. The van der Waals surface area contributed by atoms with E-state index in [9.17, 15) is 5.11 Å². The van der Waals surface area contributed by atoms with E-state index in [0.717, 1.165) is 5.56 Å². The molecule has 98 valence electrons. The maximum atomic E-state index is 9.88. The third kappa shape index (κ3) is 3.60. The number of halogens is 1. The van der Waals surface area contributed by atoms with Gasteiger partial charge in [-0.05, 0) is 23.8 Å². The lowest BCUT2D eigenvalue weighted by molar-refractivity contribution is 0.217. The summed E-state index contributed by atoms with van der Waals surface area (Å²) in [6.45, 7) is 4.02. The molecule has 0 fully saturated rings. The molecule has 19 heavy (non-hydrogen) atoms. The molecule has 2 aromatic carbocycles. The van der Waals surface area contributed by atoms with Crippen molar-refractivity contribution in [2.45, 2.75) is 12.7 Å². The van der Waals surface area contributed by atoms with E-state index in [1.807, 2.05) is 30.3 Å². The lowest BCUT2D eigenvalue weighted by atomic mass is 10.1. The minimum Gasteiger partial charge on any atom is -0.489 e. The van der Waals surface area contributed by atoms with Crippen molar-refractivity contribution in [3.63, 3.8) is 0 Å². The number of ether oxygens (including phenoxy) is 1. The fourth-order valence-corrected chi connectivity index (χ4v) is 1.92. The molecule has 3 heteroatoms. The molecule has 0 aliphatic heterocycles. The highest BCUT2D eigenvalue weighted by molar-refractivity contribution is 6.30. The lowest BCUT2D eigenvalue weighted by Gasteiger charge is -2.14. The van der Waals surface area contributed by atoms with Gasteiger partial charge in [0, 0.05) is 10.6 Å². The highest BCUT2D eigenvalue weighted by atomic mass is 35.5. The van der Waals surface area contributed by atoms with Gasteiger partial charge in [-0.25, -0.2) is 0 Å². The van der Waals surface area contributed by atoms with Crippen molar-refractivity contribution < 1.29 is 9.84 Å². The molecule has 0 radical (unpaired) electrons. The standard InChI is InChI=1S/C16H15ClO2/c1-2-15(18)14-10-13(17)8-9-16(14)19-11-12-6-4-3-5-7-12/h2-10,15,18H,1,11H2. The van der Waals surface area contributed by atoms with Crippen LogP contribution in [0.5, 0.6) is 5.75 Å². The zero-order valence-electron chi connectivity index (χ0n) is 10.4. The Bertz CT molecular complexity index is 552. The van der Waals surface area contributed by atoms with Gasteiger partial charge in [0.15, 0.2) is 0 Å². The molecule has 0 saturated heterocycles. The molecule has 0 bridgehead atoms. The fraction of sp³-hybridized carbons (Fsp3) is 0.125. The van der Waals surface area contributed by atoms with Gasteiger partial charge in [0.25, 0.3) is 0 Å². The Kier molecular flexibility index (Phi) is 4.61. The van der Waals surface area contributed by atoms with Crippen LogP contribution in [0.4, 0.5) is 0 Å². The second-order valence-electron chi connectivity index (χ2n) is 4.14. The van der Waals surface area contributed by atoms with Crippen LogP contribution in [-0.4, -0.2) is 5.11 Å². The first-order valence-corrected chi connectivity index (χ1v) is 6.35. The van der Waals surface area contributed by atoms with Crippen molar-refractivity contribution in [1.82, 2.24) is 0 Å². The number of benzene rings is 2. The molecule has 0 aliphatic rings. The summed E-state index contributed by atoms with van der Waals surface area (Å²) >= 11 is 5.93. The smallest absolute Gasteiger partial charge is 0.126 e. The number of hydrogen-bond acceptors (Lipinski definition) is 2. The van der Waals surface area contributed by atoms with Gasteiger partial charge >= 0.3 is 0 Å². The van der Waals surface area contributed by atoms with Gasteiger partial charge in [-0.15, -0.1) is 6.58 Å². The van der Waals surface area contributed by atoms with Crippen molar-refractivity contribution >= 4 is 11.6 Å². The van der Waals surface area contributed by atoms with E-state index in [4.69, 9.17) is 16.3 Å². The summed E-state index contributed by atoms with van der Waals surface area (Å²) in [5.74, 6) is 0.612. The number of aliphatic hydroxyl groups excluding tert-OH is 1. The average molecular weight is 275 g/mol. The first-order valence-electron chi connectivity index (χ1n) is 5.97. The van der Waals surface area contributed by atoms with Crippen LogP contribution in [0.2, 0.25) is 5.02 Å². The third-order valence-electron chi connectivity index (χ3n) is 2.75. The van der Waals surface area contributed by atoms with Gasteiger partial charge in [-0.2, -0.15) is 0 Å². The zero-order chi connectivity index (χ0) is 13.7. The number of hydrogen-bond donors (Lipinski definition) is 1. The molecule has 0 saturated carbocycles. The van der Waals surface area contributed by atoms with Crippen molar-refractivity contribution in [1.29, 1.82) is 0 Å². The second kappa shape index (κ2) is 6.41. The van der Waals surface area contributed by atoms with E-state index >= 15 is 0 Å². The van der Waals surface area contributed by atoms with E-state index in [1.165, 1.54) is 6.08 Å². The van der Waals surface area contributed by atoms with Crippen LogP contribution in [0.1, 0.15) is 17.2 Å². The molecule has 1 N–H and O–H groups in total. The summed E-state index contributed by atoms with van der Waals surface area (Å²) < 4.78 is 5.73. The van der Waals surface area contributed by atoms with Crippen LogP contribution >= 0.6 is 11.6 Å². The quantitative estimate of drug-likeness (QED) is 0.831. The maximum absolute atomic E-state index is 9.88. The van der Waals surface area contributed by atoms with E-state index in [0.29, 0.717) is 22.9 Å². The summed E-state index contributed by atoms with van der Waals surface area (Å²) in [6.07, 6.45) is 0.658. The van der Waals surface area contributed by atoms with Crippen LogP contribution in [0.3, 0.4) is 0 Å². The van der Waals surface area contributed by atoms with Gasteiger partial charge in [0.05, 0.1) is 0 Å². The highest BCUT2D eigenvalue weighted by Gasteiger charge is 2.11. The van der Waals surface area contributed by atoms with Crippen LogP contribution < -0.4 is 4.74 Å². The SMILES string of the molecule is C=CC(O)c1cc(Cl)ccc1OCc1ccccc1. The Balaban J connectivity index is 2.18. The fourth-order valence-electron chi connectivity index (χ4n) is 1.74. The van der Waals surface area contributed by atoms with Gasteiger partial charge in [0.2, 0.25) is 0 Å². The predicted octanol–water partition coefficient (Wildman–Crippen LogP) is 4.14. The molecular weight excluding hydrogens is 260 g/mol. The molecule has 0 spiro atoms. The Hall–Kier alpha value is -1.77. The first kappa shape index (κ1) is 13.7. The van der Waals surface area contributed by atoms with Crippen LogP contribution in [0.25, 0.3) is 0 Å². The normalized spacial score (nSPS) is 11.9. The topological polar surface area (TPSA) is 29.5 Å². The van der Waals surface area contributed by atoms with Crippen molar-refractivity contribution in [3.8, 4) is 5.75 Å². The monoisotopic (exact) mass is 274 g/mol. The maximum Gasteiger partial charge on any atom is 0.126 e. The highest BCUT2D eigenvalue weighted by Crippen LogP contribution is 2.29. The summed E-state index contributed by atoms with van der Waals surface area (Å²) in [6, 6.07) is 15.0. The summed E-state index contributed by atoms with van der Waals surface area (Å²) in [5, 5.41) is 10.4. The Labute approximate surface area is 117 Å². The third-order valence-corrected chi connectivity index (χ3v) is 2.99. The molecule has 1 unspecified atom stereocenters. The molecule has 2 nitrogen and oxygen atoms in total. The Morgan fingerprint density at radius 3 is 2.63 bits per heavy atom. The van der Waals surface area contributed by atoms with Gasteiger partial charge in [0.1, 0.15) is 18.5 Å². The van der Waals surface area contributed by atoms with E-state index in [-0.39, 0.29) is 0 Å². The van der Waals surface area contributed by atoms with E-state index in [1.54, 1.807) is 18.2 Å². The second-order valence-corrected chi connectivity index (χ2v) is 4.57. The molecule has 2 rings (SSSR count). The zero-order valence-corrected chi connectivity index (χ0v) is 11.2. The van der Waals surface area contributed by atoms with E-state index < -0.39 is 6.10 Å². The van der Waals surface area contributed by atoms with Gasteiger partial charge < -0.3 is 9.84 Å².